The van der Waals surface area contributed by atoms with E-state index in [1.807, 2.05) is 0 Å². The number of esters is 2. The van der Waals surface area contributed by atoms with Crippen molar-refractivity contribution in [2.75, 3.05) is 0 Å². The zero-order valence-corrected chi connectivity index (χ0v) is 29.1. The van der Waals surface area contributed by atoms with Gasteiger partial charge in [-0.25, -0.2) is 9.59 Å². The lowest BCUT2D eigenvalue weighted by Crippen LogP contribution is -2.01. The zero-order valence-electron chi connectivity index (χ0n) is 29.1. The third-order valence-corrected chi connectivity index (χ3v) is 9.55. The minimum absolute atomic E-state index is 0.434. The van der Waals surface area contributed by atoms with Gasteiger partial charge < -0.3 is 4.74 Å². The molecule has 0 spiro atoms. The Morgan fingerprint density at radius 1 is 0.372 bits per heavy atom. The molecule has 3 nitrogen and oxygen atoms in total. The van der Waals surface area contributed by atoms with E-state index in [1.54, 1.807) is 0 Å². The number of ether oxygens (including phenoxy) is 1. The van der Waals surface area contributed by atoms with Gasteiger partial charge >= 0.3 is 11.9 Å². The van der Waals surface area contributed by atoms with Crippen molar-refractivity contribution in [1.29, 1.82) is 0 Å². The molecule has 43 heavy (non-hydrogen) atoms. The first-order valence-corrected chi connectivity index (χ1v) is 19.7. The average Bonchev–Trinajstić information content (AvgIpc) is 3.33. The van der Waals surface area contributed by atoms with Crippen LogP contribution in [0.4, 0.5) is 0 Å². The highest BCUT2D eigenvalue weighted by Crippen LogP contribution is 2.19. The van der Waals surface area contributed by atoms with Crippen molar-refractivity contribution >= 4 is 11.9 Å². The second-order valence-corrected chi connectivity index (χ2v) is 13.8. The molecule has 0 aromatic rings. The lowest BCUT2D eigenvalue weighted by molar-refractivity contribution is -0.150. The van der Waals surface area contributed by atoms with E-state index in [4.69, 9.17) is 0 Å². The topological polar surface area (TPSA) is 43.4 Å². The van der Waals surface area contributed by atoms with Crippen LogP contribution in [0.2, 0.25) is 0 Å². The van der Waals surface area contributed by atoms with Gasteiger partial charge in [0.2, 0.25) is 0 Å². The van der Waals surface area contributed by atoms with Crippen LogP contribution >= 0.6 is 0 Å². The summed E-state index contributed by atoms with van der Waals surface area (Å²) in [5, 5.41) is 0. The van der Waals surface area contributed by atoms with Crippen LogP contribution in [-0.2, 0) is 14.3 Å². The van der Waals surface area contributed by atoms with Gasteiger partial charge in [0.05, 0.1) is 0 Å². The maximum absolute atomic E-state index is 11.4. The van der Waals surface area contributed by atoms with E-state index in [9.17, 15) is 9.59 Å². The highest BCUT2D eigenvalue weighted by atomic mass is 16.6. The van der Waals surface area contributed by atoms with Gasteiger partial charge in [-0.2, -0.15) is 0 Å². The third kappa shape index (κ3) is 28.1. The Bertz CT molecular complexity index is 652. The van der Waals surface area contributed by atoms with Gasteiger partial charge in [0.25, 0.3) is 0 Å². The summed E-state index contributed by atoms with van der Waals surface area (Å²) in [5.74, 6) is -0.933. The fourth-order valence-electron chi connectivity index (χ4n) is 6.61. The molecule has 0 aromatic carbocycles. The number of hydrogen-bond donors (Lipinski definition) is 0. The summed E-state index contributed by atoms with van der Waals surface area (Å²) in [6.07, 6.45) is 50.1. The predicted molar refractivity (Wildman–Crippen MR) is 186 cm³/mol. The van der Waals surface area contributed by atoms with Crippen LogP contribution in [-0.4, -0.2) is 11.9 Å². The Morgan fingerprint density at radius 3 is 0.814 bits per heavy atom. The first-order valence-electron chi connectivity index (χ1n) is 19.7. The number of carbonyl (C=O) groups excluding carboxylic acids is 2. The van der Waals surface area contributed by atoms with E-state index in [0.717, 1.165) is 12.8 Å². The molecular weight excluding hydrogens is 528 g/mol. The molecule has 1 rings (SSSR count). The minimum atomic E-state index is -0.499. The molecular formula is C40H74O3. The molecule has 0 fully saturated rings. The molecule has 0 radical (unpaired) electrons. The standard InChI is InChI=1S/C40H74O3/c1-2-3-4-5-6-7-8-9-10-11-12-13-14-15-16-17-18-19-20-21-22-23-24-25-26-27-28-29-30-31-32-33-34-35-36-38-37-39(41)43-40(38)42/h37H,2-36H2,1H3. The summed E-state index contributed by atoms with van der Waals surface area (Å²) in [7, 11) is 0. The fraction of sp³-hybridized carbons (Fsp3) is 0.900. The SMILES string of the molecule is CCCCCCCCCCCCCCCCCCCCCCCCCCCCCCCCCCCCC1=CC(=O)OC1=O. The normalized spacial score (nSPS) is 13.2. The minimum Gasteiger partial charge on any atom is -0.386 e. The number of hydrogen-bond acceptors (Lipinski definition) is 3. The van der Waals surface area contributed by atoms with Crippen molar-refractivity contribution in [2.24, 2.45) is 0 Å². The number of rotatable bonds is 35. The van der Waals surface area contributed by atoms with Crippen LogP contribution < -0.4 is 0 Å². The molecule has 1 heterocycles. The predicted octanol–water partition coefficient (Wildman–Crippen LogP) is 13.7. The summed E-state index contributed by atoms with van der Waals surface area (Å²) in [4.78, 5) is 22.4. The first-order chi connectivity index (χ1) is 21.2. The van der Waals surface area contributed by atoms with Crippen molar-refractivity contribution in [2.45, 2.75) is 232 Å². The molecule has 0 bridgehead atoms. The molecule has 0 saturated heterocycles. The summed E-state index contributed by atoms with van der Waals surface area (Å²) < 4.78 is 4.53. The maximum atomic E-state index is 11.4. The lowest BCUT2D eigenvalue weighted by Gasteiger charge is -2.05. The summed E-state index contributed by atoms with van der Waals surface area (Å²) in [6.45, 7) is 2.30. The highest BCUT2D eigenvalue weighted by molar-refractivity contribution is 6.08. The van der Waals surface area contributed by atoms with E-state index in [1.165, 1.54) is 212 Å². The number of carbonyl (C=O) groups is 2. The Kier molecular flexibility index (Phi) is 30.0. The highest BCUT2D eigenvalue weighted by Gasteiger charge is 2.22. The molecule has 0 atom stereocenters. The van der Waals surface area contributed by atoms with E-state index in [0.29, 0.717) is 12.0 Å². The zero-order chi connectivity index (χ0) is 30.9. The second-order valence-electron chi connectivity index (χ2n) is 13.8. The average molecular weight is 603 g/mol. The Labute approximate surface area is 269 Å². The van der Waals surface area contributed by atoms with Gasteiger partial charge in [-0.05, 0) is 12.8 Å². The quantitative estimate of drug-likeness (QED) is 0.0412. The summed E-state index contributed by atoms with van der Waals surface area (Å²) in [5.41, 5.74) is 0.556. The van der Waals surface area contributed by atoms with E-state index in [2.05, 4.69) is 11.7 Å². The molecule has 3 heteroatoms. The second kappa shape index (κ2) is 32.3. The van der Waals surface area contributed by atoms with Crippen LogP contribution in [0.3, 0.4) is 0 Å². The molecule has 0 aromatic heterocycles. The largest absolute Gasteiger partial charge is 0.386 e. The van der Waals surface area contributed by atoms with E-state index < -0.39 is 11.9 Å². The Hall–Kier alpha value is -1.12. The molecule has 252 valence electrons. The van der Waals surface area contributed by atoms with E-state index >= 15 is 0 Å². The van der Waals surface area contributed by atoms with Crippen molar-refractivity contribution < 1.29 is 14.3 Å². The van der Waals surface area contributed by atoms with Crippen LogP contribution in [0.15, 0.2) is 11.6 Å². The van der Waals surface area contributed by atoms with Crippen LogP contribution in [0.25, 0.3) is 0 Å². The molecule has 0 saturated carbocycles. The molecule has 1 aliphatic rings. The van der Waals surface area contributed by atoms with Crippen molar-refractivity contribution in [3.8, 4) is 0 Å². The van der Waals surface area contributed by atoms with Crippen molar-refractivity contribution in [1.82, 2.24) is 0 Å². The third-order valence-electron chi connectivity index (χ3n) is 9.55. The van der Waals surface area contributed by atoms with Crippen molar-refractivity contribution in [3.63, 3.8) is 0 Å². The van der Waals surface area contributed by atoms with Gasteiger partial charge in [0.1, 0.15) is 0 Å². The van der Waals surface area contributed by atoms with Gasteiger partial charge in [0, 0.05) is 11.6 Å². The van der Waals surface area contributed by atoms with Crippen LogP contribution in [0.5, 0.6) is 0 Å². The first kappa shape index (κ1) is 39.9. The number of cyclic esters (lactones) is 2. The smallest absolute Gasteiger partial charge is 0.342 e. The van der Waals surface area contributed by atoms with Crippen LogP contribution in [0, 0.1) is 0 Å². The molecule has 0 unspecified atom stereocenters. The monoisotopic (exact) mass is 603 g/mol. The molecule has 0 aliphatic carbocycles. The Morgan fingerprint density at radius 2 is 0.605 bits per heavy atom. The maximum Gasteiger partial charge on any atom is 0.342 e. The number of unbranched alkanes of at least 4 members (excludes halogenated alkanes) is 33. The molecule has 1 aliphatic heterocycles. The Balaban J connectivity index is 1.63. The van der Waals surface area contributed by atoms with Gasteiger partial charge in [-0.15, -0.1) is 0 Å². The summed E-state index contributed by atoms with van der Waals surface area (Å²) >= 11 is 0. The van der Waals surface area contributed by atoms with Crippen molar-refractivity contribution in [3.05, 3.63) is 11.6 Å². The van der Waals surface area contributed by atoms with Gasteiger partial charge in [0.15, 0.2) is 0 Å². The summed E-state index contributed by atoms with van der Waals surface area (Å²) in [6, 6.07) is 0. The molecule has 0 N–H and O–H groups in total. The van der Waals surface area contributed by atoms with Crippen LogP contribution in [0.1, 0.15) is 232 Å². The van der Waals surface area contributed by atoms with E-state index in [-0.39, 0.29) is 0 Å². The fourth-order valence-corrected chi connectivity index (χ4v) is 6.61. The molecule has 0 amide bonds. The van der Waals surface area contributed by atoms with Gasteiger partial charge in [-0.1, -0.05) is 219 Å². The lowest BCUT2D eigenvalue weighted by atomic mass is 10.0. The van der Waals surface area contributed by atoms with Gasteiger partial charge in [-0.3, -0.25) is 0 Å².